The standard InChI is InChI=1S/C24H17OP/c25-21-13-5-3-10-18(21)16-8-1-2-9-17(16)19-12-7-15-23-24(19)20-11-4-6-14-22(20)26-23/h1-15,25-26H. The molecule has 1 aromatic heterocycles. The molecule has 0 aliphatic rings. The summed E-state index contributed by atoms with van der Waals surface area (Å²) >= 11 is 0. The second-order valence-corrected chi connectivity index (χ2v) is 7.79. The van der Waals surface area contributed by atoms with Crippen LogP contribution in [0.15, 0.2) is 91.0 Å². The molecule has 1 N–H and O–H groups in total. The molecular formula is C24H17OP. The SMILES string of the molecule is Oc1ccccc1-c1ccccc1-c1cccc2[pH]c3ccccc3c12. The van der Waals surface area contributed by atoms with Gasteiger partial charge in [0.1, 0.15) is 5.75 Å². The molecule has 0 bridgehead atoms. The molecule has 26 heavy (non-hydrogen) atoms. The van der Waals surface area contributed by atoms with Crippen molar-refractivity contribution in [3.8, 4) is 28.0 Å². The zero-order chi connectivity index (χ0) is 17.5. The lowest BCUT2D eigenvalue weighted by Crippen LogP contribution is -1.86. The Labute approximate surface area is 153 Å². The minimum atomic E-state index is 0.315. The van der Waals surface area contributed by atoms with E-state index in [1.54, 1.807) is 6.07 Å². The summed E-state index contributed by atoms with van der Waals surface area (Å²) in [4.78, 5) is 0. The minimum Gasteiger partial charge on any atom is -0.507 e. The van der Waals surface area contributed by atoms with Crippen LogP contribution in [0.2, 0.25) is 0 Å². The average Bonchev–Trinajstić information content (AvgIpc) is 3.07. The van der Waals surface area contributed by atoms with Crippen molar-refractivity contribution in [2.45, 2.75) is 0 Å². The summed E-state index contributed by atoms with van der Waals surface area (Å²) in [5.41, 5.74) is 4.33. The van der Waals surface area contributed by atoms with E-state index in [1.807, 2.05) is 24.3 Å². The summed E-state index contributed by atoms with van der Waals surface area (Å²) in [6.45, 7) is 0. The Balaban J connectivity index is 1.87. The van der Waals surface area contributed by atoms with Crippen molar-refractivity contribution < 1.29 is 5.11 Å². The highest BCUT2D eigenvalue weighted by atomic mass is 31.0. The van der Waals surface area contributed by atoms with Gasteiger partial charge in [0.2, 0.25) is 0 Å². The van der Waals surface area contributed by atoms with Gasteiger partial charge in [-0.1, -0.05) is 84.9 Å². The largest absolute Gasteiger partial charge is 0.507 e. The lowest BCUT2D eigenvalue weighted by Gasteiger charge is -2.13. The van der Waals surface area contributed by atoms with Gasteiger partial charge in [0.25, 0.3) is 0 Å². The van der Waals surface area contributed by atoms with Crippen LogP contribution in [-0.2, 0) is 0 Å². The fraction of sp³-hybridized carbons (Fsp3) is 0. The van der Waals surface area contributed by atoms with Crippen LogP contribution >= 0.6 is 8.19 Å². The summed E-state index contributed by atoms with van der Waals surface area (Å²) in [7, 11) is 0.704. The predicted octanol–water partition coefficient (Wildman–Crippen LogP) is 7.06. The summed E-state index contributed by atoms with van der Waals surface area (Å²) in [5, 5.41) is 15.9. The molecule has 0 radical (unpaired) electrons. The van der Waals surface area contributed by atoms with Crippen molar-refractivity contribution in [3.63, 3.8) is 0 Å². The van der Waals surface area contributed by atoms with E-state index in [2.05, 4.69) is 60.7 Å². The molecular weight excluding hydrogens is 335 g/mol. The van der Waals surface area contributed by atoms with Crippen LogP contribution in [0.3, 0.4) is 0 Å². The van der Waals surface area contributed by atoms with Crippen LogP contribution in [0.4, 0.5) is 0 Å². The number of benzene rings is 4. The molecule has 0 fully saturated rings. The fourth-order valence-electron chi connectivity index (χ4n) is 3.78. The first-order valence-electron chi connectivity index (χ1n) is 8.70. The Morgan fingerprint density at radius 3 is 1.88 bits per heavy atom. The van der Waals surface area contributed by atoms with Gasteiger partial charge in [-0.05, 0) is 33.3 Å². The number of hydrogen-bond donors (Lipinski definition) is 1. The Bertz CT molecular complexity index is 1250. The maximum atomic E-state index is 10.4. The molecule has 4 aromatic carbocycles. The molecule has 1 heterocycles. The van der Waals surface area contributed by atoms with Crippen LogP contribution < -0.4 is 0 Å². The Hall–Kier alpha value is -3.02. The second kappa shape index (κ2) is 6.05. The maximum absolute atomic E-state index is 10.4. The lowest BCUT2D eigenvalue weighted by atomic mass is 9.91. The van der Waals surface area contributed by atoms with Crippen molar-refractivity contribution in [3.05, 3.63) is 91.0 Å². The van der Waals surface area contributed by atoms with Crippen LogP contribution in [0.1, 0.15) is 0 Å². The van der Waals surface area contributed by atoms with Crippen LogP contribution in [0.5, 0.6) is 5.75 Å². The molecule has 0 amide bonds. The van der Waals surface area contributed by atoms with Gasteiger partial charge in [0.15, 0.2) is 0 Å². The number of aromatic hydroxyl groups is 1. The molecule has 0 spiro atoms. The monoisotopic (exact) mass is 352 g/mol. The molecule has 5 rings (SSSR count). The van der Waals surface area contributed by atoms with Gasteiger partial charge in [0.05, 0.1) is 0 Å². The van der Waals surface area contributed by atoms with Crippen molar-refractivity contribution in [2.75, 3.05) is 0 Å². The van der Waals surface area contributed by atoms with E-state index >= 15 is 0 Å². The smallest absolute Gasteiger partial charge is 0.123 e. The molecule has 1 unspecified atom stereocenters. The summed E-state index contributed by atoms with van der Waals surface area (Å²) in [6.07, 6.45) is 0. The van der Waals surface area contributed by atoms with Crippen LogP contribution in [-0.4, -0.2) is 5.11 Å². The van der Waals surface area contributed by atoms with E-state index in [0.29, 0.717) is 13.9 Å². The second-order valence-electron chi connectivity index (χ2n) is 6.46. The normalized spacial score (nSPS) is 11.5. The average molecular weight is 352 g/mol. The van der Waals surface area contributed by atoms with Gasteiger partial charge in [-0.3, -0.25) is 0 Å². The molecule has 1 atom stereocenters. The number of rotatable bonds is 2. The first-order valence-corrected chi connectivity index (χ1v) is 9.70. The number of para-hydroxylation sites is 1. The lowest BCUT2D eigenvalue weighted by molar-refractivity contribution is 0.477. The molecule has 0 saturated heterocycles. The van der Waals surface area contributed by atoms with E-state index in [-0.39, 0.29) is 0 Å². The first kappa shape index (κ1) is 15.3. The minimum absolute atomic E-state index is 0.315. The third-order valence-electron chi connectivity index (χ3n) is 4.94. The van der Waals surface area contributed by atoms with Gasteiger partial charge < -0.3 is 5.11 Å². The molecule has 0 aliphatic heterocycles. The van der Waals surface area contributed by atoms with Crippen molar-refractivity contribution in [1.82, 2.24) is 0 Å². The van der Waals surface area contributed by atoms with Gasteiger partial charge >= 0.3 is 0 Å². The number of fused-ring (bicyclic) bond motifs is 3. The van der Waals surface area contributed by atoms with Gasteiger partial charge in [-0.15, -0.1) is 8.19 Å². The maximum Gasteiger partial charge on any atom is 0.123 e. The van der Waals surface area contributed by atoms with E-state index in [0.717, 1.165) is 16.7 Å². The summed E-state index contributed by atoms with van der Waals surface area (Å²) in [5.74, 6) is 0.315. The zero-order valence-electron chi connectivity index (χ0n) is 14.1. The van der Waals surface area contributed by atoms with Gasteiger partial charge in [0, 0.05) is 16.1 Å². The van der Waals surface area contributed by atoms with E-state index in [9.17, 15) is 5.11 Å². The number of hydrogen-bond acceptors (Lipinski definition) is 1. The number of phenolic OH excluding ortho intramolecular Hbond substituents is 1. The Morgan fingerprint density at radius 1 is 0.500 bits per heavy atom. The van der Waals surface area contributed by atoms with Crippen LogP contribution in [0, 0.1) is 0 Å². The van der Waals surface area contributed by atoms with E-state index < -0.39 is 0 Å². The van der Waals surface area contributed by atoms with E-state index in [1.165, 1.54) is 26.6 Å². The molecule has 1 nitrogen and oxygen atoms in total. The van der Waals surface area contributed by atoms with E-state index in [4.69, 9.17) is 0 Å². The Morgan fingerprint density at radius 2 is 1.08 bits per heavy atom. The highest BCUT2D eigenvalue weighted by Crippen LogP contribution is 2.45. The number of phenols is 1. The third-order valence-corrected chi connectivity index (χ3v) is 6.33. The molecule has 2 heteroatoms. The molecule has 124 valence electrons. The quantitative estimate of drug-likeness (QED) is 0.360. The van der Waals surface area contributed by atoms with Crippen molar-refractivity contribution in [1.29, 1.82) is 0 Å². The Kier molecular flexibility index (Phi) is 3.55. The highest BCUT2D eigenvalue weighted by molar-refractivity contribution is 7.44. The fourth-order valence-corrected chi connectivity index (χ4v) is 5.17. The van der Waals surface area contributed by atoms with Crippen LogP contribution in [0.25, 0.3) is 43.3 Å². The molecule has 0 aliphatic carbocycles. The topological polar surface area (TPSA) is 20.2 Å². The van der Waals surface area contributed by atoms with Gasteiger partial charge in [-0.2, -0.15) is 0 Å². The van der Waals surface area contributed by atoms with Gasteiger partial charge in [-0.25, -0.2) is 0 Å². The predicted molar refractivity (Wildman–Crippen MR) is 113 cm³/mol. The summed E-state index contributed by atoms with van der Waals surface area (Å²) < 4.78 is 0. The molecule has 5 aromatic rings. The zero-order valence-corrected chi connectivity index (χ0v) is 15.1. The van der Waals surface area contributed by atoms with Crippen molar-refractivity contribution in [2.24, 2.45) is 0 Å². The molecule has 0 saturated carbocycles. The summed E-state index contributed by atoms with van der Waals surface area (Å²) in [6, 6.07) is 31.2. The third kappa shape index (κ3) is 2.33. The first-order chi connectivity index (χ1) is 12.8. The highest BCUT2D eigenvalue weighted by Gasteiger charge is 2.14. The van der Waals surface area contributed by atoms with Crippen molar-refractivity contribution >= 4 is 29.2 Å².